The van der Waals surface area contributed by atoms with Crippen molar-refractivity contribution in [2.75, 3.05) is 32.7 Å². The average molecular weight is 364 g/mol. The first kappa shape index (κ1) is 19.7. The second kappa shape index (κ2) is 9.72. The lowest BCUT2D eigenvalue weighted by atomic mass is 9.85. The number of carbonyl (C=O) groups excluding carboxylic acids is 2. The van der Waals surface area contributed by atoms with Crippen molar-refractivity contribution < 1.29 is 9.59 Å². The van der Waals surface area contributed by atoms with Crippen LogP contribution in [0.2, 0.25) is 0 Å². The van der Waals surface area contributed by atoms with E-state index in [1.807, 2.05) is 0 Å². The largest absolute Gasteiger partial charge is 0.355 e. The van der Waals surface area contributed by atoms with Gasteiger partial charge in [-0.05, 0) is 49.4 Å². The Kier molecular flexibility index (Phi) is 7.35. The molecule has 2 N–H and O–H groups in total. The van der Waals surface area contributed by atoms with Crippen molar-refractivity contribution >= 4 is 11.8 Å². The summed E-state index contributed by atoms with van der Waals surface area (Å²) in [6, 6.07) is 0. The molecule has 0 unspecified atom stereocenters. The molecule has 2 atom stereocenters. The highest BCUT2D eigenvalue weighted by molar-refractivity contribution is 5.78. The molecule has 0 aromatic rings. The van der Waals surface area contributed by atoms with Crippen molar-refractivity contribution in [1.82, 2.24) is 15.5 Å². The van der Waals surface area contributed by atoms with E-state index in [9.17, 15) is 9.59 Å². The summed E-state index contributed by atoms with van der Waals surface area (Å²) >= 11 is 0. The number of amides is 2. The summed E-state index contributed by atoms with van der Waals surface area (Å²) < 4.78 is 0. The lowest BCUT2D eigenvalue weighted by Gasteiger charge is -2.25. The third-order valence-corrected chi connectivity index (χ3v) is 6.81. The van der Waals surface area contributed by atoms with E-state index in [-0.39, 0.29) is 5.91 Å². The summed E-state index contributed by atoms with van der Waals surface area (Å²) in [6.45, 7) is 6.02. The van der Waals surface area contributed by atoms with Crippen LogP contribution in [0.3, 0.4) is 0 Å². The molecule has 5 heteroatoms. The molecule has 2 saturated carbocycles. The minimum Gasteiger partial charge on any atom is -0.355 e. The van der Waals surface area contributed by atoms with Crippen LogP contribution in [0.15, 0.2) is 0 Å². The molecule has 26 heavy (non-hydrogen) atoms. The maximum absolute atomic E-state index is 12.6. The SMILES string of the molecule is C[C@@H]1CN(C(=O)CC2CCCCC2)C[C@H]1CNCC(=O)NCC1CCC1. The molecule has 0 aromatic heterocycles. The fraction of sp³-hybridized carbons (Fsp3) is 0.905. The quantitative estimate of drug-likeness (QED) is 0.697. The first-order valence-corrected chi connectivity index (χ1v) is 10.9. The van der Waals surface area contributed by atoms with Gasteiger partial charge in [0.25, 0.3) is 0 Å². The van der Waals surface area contributed by atoms with Crippen LogP contribution < -0.4 is 10.6 Å². The zero-order valence-electron chi connectivity index (χ0n) is 16.5. The van der Waals surface area contributed by atoms with Crippen LogP contribution in [0.1, 0.15) is 64.7 Å². The molecule has 1 saturated heterocycles. The molecule has 0 spiro atoms. The summed E-state index contributed by atoms with van der Waals surface area (Å²) in [5.41, 5.74) is 0. The summed E-state index contributed by atoms with van der Waals surface area (Å²) in [5, 5.41) is 6.34. The molecule has 2 amide bonds. The van der Waals surface area contributed by atoms with Gasteiger partial charge in [0.2, 0.25) is 11.8 Å². The van der Waals surface area contributed by atoms with Crippen LogP contribution in [-0.4, -0.2) is 49.4 Å². The zero-order chi connectivity index (χ0) is 18.4. The van der Waals surface area contributed by atoms with Gasteiger partial charge in [-0.3, -0.25) is 9.59 Å². The Morgan fingerprint density at radius 3 is 2.35 bits per heavy atom. The summed E-state index contributed by atoms with van der Waals surface area (Å²) in [4.78, 5) is 26.6. The maximum Gasteiger partial charge on any atom is 0.233 e. The third kappa shape index (κ3) is 5.70. The second-order valence-electron chi connectivity index (χ2n) is 8.98. The highest BCUT2D eigenvalue weighted by Gasteiger charge is 2.33. The van der Waals surface area contributed by atoms with E-state index in [0.29, 0.717) is 36.1 Å². The molecule has 2 aliphatic carbocycles. The number of carbonyl (C=O) groups is 2. The van der Waals surface area contributed by atoms with Crippen LogP contribution in [0.25, 0.3) is 0 Å². The first-order valence-electron chi connectivity index (χ1n) is 10.9. The van der Waals surface area contributed by atoms with Crippen LogP contribution in [0, 0.1) is 23.7 Å². The topological polar surface area (TPSA) is 61.4 Å². The van der Waals surface area contributed by atoms with Gasteiger partial charge in [-0.1, -0.05) is 32.6 Å². The smallest absolute Gasteiger partial charge is 0.233 e. The highest BCUT2D eigenvalue weighted by atomic mass is 16.2. The second-order valence-corrected chi connectivity index (χ2v) is 8.98. The Morgan fingerprint density at radius 2 is 1.65 bits per heavy atom. The molecule has 3 rings (SSSR count). The number of likely N-dealkylation sites (tertiary alicyclic amines) is 1. The fourth-order valence-corrected chi connectivity index (χ4v) is 4.66. The van der Waals surface area contributed by atoms with E-state index in [2.05, 4.69) is 22.5 Å². The molecule has 0 radical (unpaired) electrons. The van der Waals surface area contributed by atoms with E-state index < -0.39 is 0 Å². The minimum atomic E-state index is 0.104. The molecular formula is C21H37N3O2. The molecule has 3 fully saturated rings. The van der Waals surface area contributed by atoms with Crippen molar-refractivity contribution in [3.8, 4) is 0 Å². The normalized spacial score (nSPS) is 27.3. The Labute approximate surface area is 158 Å². The molecule has 3 aliphatic rings. The predicted molar refractivity (Wildman–Crippen MR) is 104 cm³/mol. The molecule has 1 heterocycles. The van der Waals surface area contributed by atoms with Gasteiger partial charge in [-0.2, -0.15) is 0 Å². The lowest BCUT2D eigenvalue weighted by molar-refractivity contribution is -0.131. The van der Waals surface area contributed by atoms with Gasteiger partial charge in [0, 0.05) is 32.6 Å². The van der Waals surface area contributed by atoms with E-state index in [1.165, 1.54) is 51.4 Å². The van der Waals surface area contributed by atoms with Gasteiger partial charge in [0.1, 0.15) is 0 Å². The molecule has 5 nitrogen and oxygen atoms in total. The van der Waals surface area contributed by atoms with Crippen LogP contribution in [0.4, 0.5) is 0 Å². The summed E-state index contributed by atoms with van der Waals surface area (Å²) in [6.07, 6.45) is 11.0. The molecule has 0 aromatic carbocycles. The number of nitrogens with one attached hydrogen (secondary N) is 2. The number of nitrogens with zero attached hydrogens (tertiary/aromatic N) is 1. The van der Waals surface area contributed by atoms with E-state index >= 15 is 0 Å². The van der Waals surface area contributed by atoms with E-state index in [0.717, 1.165) is 32.6 Å². The number of hydrogen-bond acceptors (Lipinski definition) is 3. The number of hydrogen-bond donors (Lipinski definition) is 2. The van der Waals surface area contributed by atoms with Gasteiger partial charge in [-0.25, -0.2) is 0 Å². The van der Waals surface area contributed by atoms with E-state index in [4.69, 9.17) is 0 Å². The Morgan fingerprint density at radius 1 is 0.923 bits per heavy atom. The van der Waals surface area contributed by atoms with Gasteiger partial charge < -0.3 is 15.5 Å². The highest BCUT2D eigenvalue weighted by Crippen LogP contribution is 2.29. The monoisotopic (exact) mass is 363 g/mol. The van der Waals surface area contributed by atoms with Crippen molar-refractivity contribution in [1.29, 1.82) is 0 Å². The molecule has 0 bridgehead atoms. The molecular weight excluding hydrogens is 326 g/mol. The van der Waals surface area contributed by atoms with Gasteiger partial charge in [0.15, 0.2) is 0 Å². The van der Waals surface area contributed by atoms with E-state index in [1.54, 1.807) is 0 Å². The van der Waals surface area contributed by atoms with Gasteiger partial charge in [-0.15, -0.1) is 0 Å². The molecule has 148 valence electrons. The van der Waals surface area contributed by atoms with Crippen molar-refractivity contribution in [3.63, 3.8) is 0 Å². The standard InChI is InChI=1S/C21H37N3O2/c1-16-14-24(21(26)10-17-6-3-2-4-7-17)15-19(16)12-22-13-20(25)23-11-18-8-5-9-18/h16-19,22H,2-15H2,1H3,(H,23,25)/t16-,19-/m1/s1. The van der Waals surface area contributed by atoms with Crippen LogP contribution in [0.5, 0.6) is 0 Å². The number of rotatable bonds is 8. The summed E-state index contributed by atoms with van der Waals surface area (Å²) in [5.74, 6) is 2.75. The van der Waals surface area contributed by atoms with Crippen LogP contribution in [-0.2, 0) is 9.59 Å². The van der Waals surface area contributed by atoms with Crippen molar-refractivity contribution in [3.05, 3.63) is 0 Å². The Balaban J connectivity index is 1.31. The fourth-order valence-electron chi connectivity index (χ4n) is 4.66. The third-order valence-electron chi connectivity index (χ3n) is 6.81. The minimum absolute atomic E-state index is 0.104. The van der Waals surface area contributed by atoms with Gasteiger partial charge >= 0.3 is 0 Å². The Hall–Kier alpha value is -1.10. The zero-order valence-corrected chi connectivity index (χ0v) is 16.5. The first-order chi connectivity index (χ1) is 12.6. The summed E-state index contributed by atoms with van der Waals surface area (Å²) in [7, 11) is 0. The van der Waals surface area contributed by atoms with Crippen molar-refractivity contribution in [2.45, 2.75) is 64.7 Å². The average Bonchev–Trinajstić information content (AvgIpc) is 2.95. The lowest BCUT2D eigenvalue weighted by Crippen LogP contribution is -2.40. The van der Waals surface area contributed by atoms with Crippen molar-refractivity contribution in [2.24, 2.45) is 23.7 Å². The maximum atomic E-state index is 12.6. The Bertz CT molecular complexity index is 472. The predicted octanol–water partition coefficient (Wildman–Crippen LogP) is 2.56. The van der Waals surface area contributed by atoms with Gasteiger partial charge in [0.05, 0.1) is 6.54 Å². The molecule has 1 aliphatic heterocycles. The van der Waals surface area contributed by atoms with Crippen LogP contribution >= 0.6 is 0 Å².